The Hall–Kier alpha value is -1.44. The summed E-state index contributed by atoms with van der Waals surface area (Å²) in [7, 11) is -3.56. The van der Waals surface area contributed by atoms with Gasteiger partial charge in [0.15, 0.2) is 0 Å². The zero-order valence-corrected chi connectivity index (χ0v) is 15.1. The predicted octanol–water partition coefficient (Wildman–Crippen LogP) is 2.02. The van der Waals surface area contributed by atoms with E-state index in [1.54, 1.807) is 17.0 Å². The van der Waals surface area contributed by atoms with E-state index in [4.69, 9.17) is 4.74 Å². The monoisotopic (exact) mass is 354 g/mol. The first-order chi connectivity index (χ1) is 11.5. The van der Waals surface area contributed by atoms with Crippen LogP contribution in [0.4, 0.5) is 0 Å². The van der Waals surface area contributed by atoms with Gasteiger partial charge in [0.1, 0.15) is 0 Å². The first kappa shape index (κ1) is 18.9. The molecule has 6 nitrogen and oxygen atoms in total. The van der Waals surface area contributed by atoms with Gasteiger partial charge in [-0.2, -0.15) is 0 Å². The van der Waals surface area contributed by atoms with Crippen LogP contribution in [0.15, 0.2) is 29.2 Å². The van der Waals surface area contributed by atoms with Crippen LogP contribution in [0.25, 0.3) is 0 Å². The highest BCUT2D eigenvalue weighted by atomic mass is 32.2. The molecule has 0 saturated carbocycles. The molecule has 2 rings (SSSR count). The predicted molar refractivity (Wildman–Crippen MR) is 92.5 cm³/mol. The van der Waals surface area contributed by atoms with Crippen molar-refractivity contribution >= 4 is 15.9 Å². The molecule has 1 amide bonds. The van der Waals surface area contributed by atoms with Gasteiger partial charge in [-0.05, 0) is 57.4 Å². The van der Waals surface area contributed by atoms with Crippen LogP contribution >= 0.6 is 0 Å². The van der Waals surface area contributed by atoms with Crippen molar-refractivity contribution in [1.82, 2.24) is 9.62 Å². The fourth-order valence-electron chi connectivity index (χ4n) is 2.78. The summed E-state index contributed by atoms with van der Waals surface area (Å²) in [6.07, 6.45) is 2.86. The van der Waals surface area contributed by atoms with Crippen molar-refractivity contribution in [3.8, 4) is 0 Å². The van der Waals surface area contributed by atoms with Crippen LogP contribution in [0, 0.1) is 0 Å². The number of hydrogen-bond acceptors (Lipinski definition) is 4. The summed E-state index contributed by atoms with van der Waals surface area (Å²) in [4.78, 5) is 14.1. The maximum absolute atomic E-state index is 12.3. The Morgan fingerprint density at radius 2 is 1.92 bits per heavy atom. The minimum Gasteiger partial charge on any atom is -0.378 e. The number of nitrogens with one attached hydrogen (secondary N) is 1. The standard InChI is InChI=1S/C17H26N2O4S/c1-3-19(4-2)17(20)14-7-9-16(10-8-14)24(21,22)18-12-11-15-6-5-13-23-15/h7-10,15,18H,3-6,11-13H2,1-2H3. The summed E-state index contributed by atoms with van der Waals surface area (Å²) in [6, 6.07) is 6.08. The van der Waals surface area contributed by atoms with Crippen LogP contribution in [0.2, 0.25) is 0 Å². The third kappa shape index (κ3) is 4.78. The first-order valence-electron chi connectivity index (χ1n) is 8.48. The molecule has 24 heavy (non-hydrogen) atoms. The lowest BCUT2D eigenvalue weighted by Crippen LogP contribution is -2.30. The van der Waals surface area contributed by atoms with Crippen molar-refractivity contribution in [2.75, 3.05) is 26.2 Å². The van der Waals surface area contributed by atoms with E-state index in [0.29, 0.717) is 31.6 Å². The molecule has 1 N–H and O–H groups in total. The van der Waals surface area contributed by atoms with Gasteiger partial charge in [0, 0.05) is 31.8 Å². The number of benzene rings is 1. The van der Waals surface area contributed by atoms with Crippen LogP contribution < -0.4 is 4.72 Å². The van der Waals surface area contributed by atoms with Gasteiger partial charge in [-0.1, -0.05) is 0 Å². The van der Waals surface area contributed by atoms with Crippen LogP contribution in [0.1, 0.15) is 43.5 Å². The molecular formula is C17H26N2O4S. The molecule has 0 bridgehead atoms. The van der Waals surface area contributed by atoms with Crippen molar-refractivity contribution in [1.29, 1.82) is 0 Å². The minimum absolute atomic E-state index is 0.0877. The van der Waals surface area contributed by atoms with Gasteiger partial charge in [0.25, 0.3) is 5.91 Å². The van der Waals surface area contributed by atoms with Crippen molar-refractivity contribution in [2.45, 2.75) is 44.1 Å². The lowest BCUT2D eigenvalue weighted by Gasteiger charge is -2.18. The number of carbonyl (C=O) groups is 1. The van der Waals surface area contributed by atoms with Gasteiger partial charge in [0.2, 0.25) is 10.0 Å². The van der Waals surface area contributed by atoms with E-state index in [9.17, 15) is 13.2 Å². The highest BCUT2D eigenvalue weighted by molar-refractivity contribution is 7.89. The number of hydrogen-bond donors (Lipinski definition) is 1. The van der Waals surface area contributed by atoms with E-state index >= 15 is 0 Å². The molecule has 1 unspecified atom stereocenters. The van der Waals surface area contributed by atoms with Gasteiger partial charge in [-0.3, -0.25) is 4.79 Å². The van der Waals surface area contributed by atoms with Crippen LogP contribution in [0.5, 0.6) is 0 Å². The number of rotatable bonds is 8. The van der Waals surface area contributed by atoms with E-state index < -0.39 is 10.0 Å². The molecular weight excluding hydrogens is 328 g/mol. The summed E-state index contributed by atoms with van der Waals surface area (Å²) in [6.45, 7) is 6.20. The zero-order valence-electron chi connectivity index (χ0n) is 14.3. The second-order valence-electron chi connectivity index (χ2n) is 5.82. The summed E-state index contributed by atoms with van der Waals surface area (Å²) in [5.41, 5.74) is 0.497. The fraction of sp³-hybridized carbons (Fsp3) is 0.588. The highest BCUT2D eigenvalue weighted by Gasteiger charge is 2.19. The Bertz CT molecular complexity index is 633. The largest absolute Gasteiger partial charge is 0.378 e. The van der Waals surface area contributed by atoms with Gasteiger partial charge in [-0.25, -0.2) is 13.1 Å². The summed E-state index contributed by atoms with van der Waals surface area (Å²) in [5.74, 6) is -0.0877. The SMILES string of the molecule is CCN(CC)C(=O)c1ccc(S(=O)(=O)NCCC2CCCO2)cc1. The summed E-state index contributed by atoms with van der Waals surface area (Å²) >= 11 is 0. The zero-order chi connectivity index (χ0) is 17.6. The van der Waals surface area contributed by atoms with Crippen LogP contribution in [0.3, 0.4) is 0 Å². The van der Waals surface area contributed by atoms with Crippen molar-refractivity contribution in [3.63, 3.8) is 0 Å². The Kier molecular flexibility index (Phi) is 6.77. The van der Waals surface area contributed by atoms with E-state index in [1.165, 1.54) is 12.1 Å². The molecule has 1 atom stereocenters. The van der Waals surface area contributed by atoms with Crippen molar-refractivity contribution in [3.05, 3.63) is 29.8 Å². The number of carbonyl (C=O) groups excluding carboxylic acids is 1. The summed E-state index contributed by atoms with van der Waals surface area (Å²) < 4.78 is 32.6. The number of amides is 1. The lowest BCUT2D eigenvalue weighted by molar-refractivity contribution is 0.0773. The maximum Gasteiger partial charge on any atom is 0.253 e. The highest BCUT2D eigenvalue weighted by Crippen LogP contribution is 2.16. The second-order valence-corrected chi connectivity index (χ2v) is 7.59. The molecule has 1 aromatic rings. The Balaban J connectivity index is 1.96. The van der Waals surface area contributed by atoms with Crippen molar-refractivity contribution < 1.29 is 17.9 Å². The Morgan fingerprint density at radius 3 is 2.46 bits per heavy atom. The number of nitrogens with zero attached hydrogens (tertiary/aromatic N) is 1. The lowest BCUT2D eigenvalue weighted by atomic mass is 10.2. The molecule has 1 saturated heterocycles. The molecule has 7 heteroatoms. The molecule has 1 aliphatic heterocycles. The molecule has 1 heterocycles. The molecule has 0 radical (unpaired) electrons. The molecule has 0 aliphatic carbocycles. The van der Waals surface area contributed by atoms with Gasteiger partial charge in [-0.15, -0.1) is 0 Å². The maximum atomic E-state index is 12.3. The molecule has 1 aliphatic rings. The minimum atomic E-state index is -3.56. The average molecular weight is 354 g/mol. The summed E-state index contributed by atoms with van der Waals surface area (Å²) in [5, 5.41) is 0. The Labute approximate surface area is 144 Å². The van der Waals surface area contributed by atoms with Crippen molar-refractivity contribution in [2.24, 2.45) is 0 Å². The normalized spacial score (nSPS) is 17.8. The topological polar surface area (TPSA) is 75.7 Å². The quantitative estimate of drug-likeness (QED) is 0.775. The third-order valence-corrected chi connectivity index (χ3v) is 5.72. The smallest absolute Gasteiger partial charge is 0.253 e. The molecule has 1 aromatic carbocycles. The van der Waals surface area contributed by atoms with Crippen LogP contribution in [-0.2, 0) is 14.8 Å². The average Bonchev–Trinajstić information content (AvgIpc) is 3.09. The van der Waals surface area contributed by atoms with Gasteiger partial charge >= 0.3 is 0 Å². The van der Waals surface area contributed by atoms with E-state index in [-0.39, 0.29) is 16.9 Å². The molecule has 0 aromatic heterocycles. The van der Waals surface area contributed by atoms with Gasteiger partial charge in [0.05, 0.1) is 11.0 Å². The Morgan fingerprint density at radius 1 is 1.25 bits per heavy atom. The number of sulfonamides is 1. The van der Waals surface area contributed by atoms with E-state index in [2.05, 4.69) is 4.72 Å². The van der Waals surface area contributed by atoms with Gasteiger partial charge < -0.3 is 9.64 Å². The molecule has 0 spiro atoms. The molecule has 1 fully saturated rings. The fourth-order valence-corrected chi connectivity index (χ4v) is 3.83. The van der Waals surface area contributed by atoms with E-state index in [1.807, 2.05) is 13.8 Å². The van der Waals surface area contributed by atoms with E-state index in [0.717, 1.165) is 19.4 Å². The first-order valence-corrected chi connectivity index (χ1v) is 9.96. The third-order valence-electron chi connectivity index (χ3n) is 4.24. The van der Waals surface area contributed by atoms with Crippen LogP contribution in [-0.4, -0.2) is 51.6 Å². The second kappa shape index (κ2) is 8.60. The number of ether oxygens (including phenoxy) is 1. The molecule has 134 valence electrons.